The summed E-state index contributed by atoms with van der Waals surface area (Å²) in [6, 6.07) is 12.2. The average Bonchev–Trinajstić information content (AvgIpc) is 2.75. The minimum absolute atomic E-state index is 0.0381. The maximum absolute atomic E-state index is 13.1. The van der Waals surface area contributed by atoms with E-state index < -0.39 is 6.04 Å². The number of hydrogen-bond donors (Lipinski definition) is 1. The van der Waals surface area contributed by atoms with Gasteiger partial charge in [-0.05, 0) is 55.7 Å². The number of nitrogens with zero attached hydrogens (tertiary/aromatic N) is 1. The molecule has 0 aliphatic rings. The second-order valence-corrected chi connectivity index (χ2v) is 9.62. The topological polar surface area (TPSA) is 49.4 Å². The van der Waals surface area contributed by atoms with Gasteiger partial charge in [0.1, 0.15) is 6.04 Å². The van der Waals surface area contributed by atoms with Crippen molar-refractivity contribution in [1.82, 2.24) is 10.2 Å². The lowest BCUT2D eigenvalue weighted by molar-refractivity contribution is -0.138. The van der Waals surface area contributed by atoms with Crippen LogP contribution in [0.2, 0.25) is 15.1 Å². The molecule has 31 heavy (non-hydrogen) atoms. The summed E-state index contributed by atoms with van der Waals surface area (Å²) < 4.78 is 0. The minimum atomic E-state index is -0.618. The van der Waals surface area contributed by atoms with Gasteiger partial charge in [0.05, 0.1) is 15.8 Å². The molecule has 0 fully saturated rings. The highest BCUT2D eigenvalue weighted by Crippen LogP contribution is 2.24. The normalized spacial score (nSPS) is 12.8. The molecule has 8 heteroatoms. The van der Waals surface area contributed by atoms with Gasteiger partial charge in [0.2, 0.25) is 11.8 Å². The van der Waals surface area contributed by atoms with E-state index in [-0.39, 0.29) is 30.2 Å². The Hall–Kier alpha value is -1.40. The van der Waals surface area contributed by atoms with Crippen LogP contribution in [0.3, 0.4) is 0 Å². The molecule has 2 aromatic rings. The maximum Gasteiger partial charge on any atom is 0.242 e. The van der Waals surface area contributed by atoms with E-state index in [0.717, 1.165) is 17.5 Å². The third-order valence-electron chi connectivity index (χ3n) is 4.91. The van der Waals surface area contributed by atoms with E-state index in [4.69, 9.17) is 34.8 Å². The summed E-state index contributed by atoms with van der Waals surface area (Å²) in [4.78, 5) is 27.4. The molecule has 0 bridgehead atoms. The zero-order valence-electron chi connectivity index (χ0n) is 17.8. The molecule has 0 unspecified atom stereocenters. The molecule has 0 heterocycles. The molecule has 0 spiro atoms. The summed E-state index contributed by atoms with van der Waals surface area (Å²) in [6.45, 7) is 5.96. The molecule has 4 nitrogen and oxygen atoms in total. The van der Waals surface area contributed by atoms with Gasteiger partial charge in [-0.25, -0.2) is 0 Å². The number of rotatable bonds is 10. The molecular weight excluding hydrogens is 475 g/mol. The minimum Gasteiger partial charge on any atom is -0.352 e. The molecule has 2 aromatic carbocycles. The van der Waals surface area contributed by atoms with Crippen LogP contribution >= 0.6 is 46.6 Å². The van der Waals surface area contributed by atoms with Gasteiger partial charge in [0.15, 0.2) is 0 Å². The third kappa shape index (κ3) is 8.23. The second kappa shape index (κ2) is 12.6. The zero-order chi connectivity index (χ0) is 23.0. The van der Waals surface area contributed by atoms with Crippen LogP contribution in [0.1, 0.15) is 38.3 Å². The molecular formula is C23H27Cl3N2O2S. The van der Waals surface area contributed by atoms with Crippen molar-refractivity contribution in [2.45, 2.75) is 51.6 Å². The van der Waals surface area contributed by atoms with Crippen molar-refractivity contribution in [3.8, 4) is 0 Å². The number of benzene rings is 2. The van der Waals surface area contributed by atoms with E-state index in [1.165, 1.54) is 11.8 Å². The summed E-state index contributed by atoms with van der Waals surface area (Å²) in [7, 11) is 0. The van der Waals surface area contributed by atoms with Crippen molar-refractivity contribution in [2.75, 3.05) is 5.75 Å². The van der Waals surface area contributed by atoms with E-state index in [1.54, 1.807) is 24.0 Å². The first kappa shape index (κ1) is 25.9. The van der Waals surface area contributed by atoms with E-state index in [2.05, 4.69) is 5.32 Å². The molecule has 2 amide bonds. The standard InChI is InChI=1S/C23H27Cl3N2O2S/c1-4-15(2)27-23(30)16(3)28(12-18-7-10-20(25)21(26)11-18)22(29)14-31-13-17-5-8-19(24)9-6-17/h5-11,15-16H,4,12-14H2,1-3H3,(H,27,30)/t15-,16+/m1/s1. The summed E-state index contributed by atoms with van der Waals surface area (Å²) in [5.74, 6) is 0.643. The van der Waals surface area contributed by atoms with Crippen molar-refractivity contribution in [3.63, 3.8) is 0 Å². The molecule has 0 radical (unpaired) electrons. The second-order valence-electron chi connectivity index (χ2n) is 7.38. The van der Waals surface area contributed by atoms with Crippen LogP contribution < -0.4 is 5.32 Å². The molecule has 0 saturated heterocycles. The summed E-state index contributed by atoms with van der Waals surface area (Å²) >= 11 is 19.6. The lowest BCUT2D eigenvalue weighted by Crippen LogP contribution is -2.50. The van der Waals surface area contributed by atoms with E-state index in [1.807, 2.05) is 44.2 Å². The summed E-state index contributed by atoms with van der Waals surface area (Å²) in [5, 5.41) is 4.50. The molecule has 1 N–H and O–H groups in total. The fourth-order valence-electron chi connectivity index (χ4n) is 2.80. The lowest BCUT2D eigenvalue weighted by atomic mass is 10.1. The molecule has 0 aliphatic heterocycles. The number of halogens is 3. The average molecular weight is 502 g/mol. The van der Waals surface area contributed by atoms with Crippen molar-refractivity contribution in [1.29, 1.82) is 0 Å². The number of carbonyl (C=O) groups excluding carboxylic acids is 2. The highest BCUT2D eigenvalue weighted by atomic mass is 35.5. The largest absolute Gasteiger partial charge is 0.352 e. The van der Waals surface area contributed by atoms with Gasteiger partial charge in [-0.1, -0.05) is 59.9 Å². The summed E-state index contributed by atoms with van der Waals surface area (Å²) in [6.07, 6.45) is 0.816. The van der Waals surface area contributed by atoms with E-state index in [0.29, 0.717) is 20.8 Å². The number of carbonyl (C=O) groups is 2. The van der Waals surface area contributed by atoms with Crippen LogP contribution in [0.5, 0.6) is 0 Å². The van der Waals surface area contributed by atoms with Gasteiger partial charge in [0.25, 0.3) is 0 Å². The Balaban J connectivity index is 2.10. The van der Waals surface area contributed by atoms with Crippen LogP contribution in [0, 0.1) is 0 Å². The van der Waals surface area contributed by atoms with Crippen molar-refractivity contribution in [2.24, 2.45) is 0 Å². The Kier molecular flexibility index (Phi) is 10.5. The molecule has 0 saturated carbocycles. The van der Waals surface area contributed by atoms with Gasteiger partial charge >= 0.3 is 0 Å². The predicted molar refractivity (Wildman–Crippen MR) is 132 cm³/mol. The highest BCUT2D eigenvalue weighted by Gasteiger charge is 2.26. The fourth-order valence-corrected chi connectivity index (χ4v) is 4.12. The van der Waals surface area contributed by atoms with Crippen LogP contribution in [-0.4, -0.2) is 34.6 Å². The van der Waals surface area contributed by atoms with Crippen LogP contribution in [0.15, 0.2) is 42.5 Å². The first-order chi connectivity index (χ1) is 14.7. The van der Waals surface area contributed by atoms with Crippen LogP contribution in [0.4, 0.5) is 0 Å². The predicted octanol–water partition coefficient (Wildman–Crippen LogP) is 6.21. The smallest absolute Gasteiger partial charge is 0.242 e. The van der Waals surface area contributed by atoms with Crippen molar-refractivity contribution in [3.05, 3.63) is 68.7 Å². The third-order valence-corrected chi connectivity index (χ3v) is 6.89. The maximum atomic E-state index is 13.1. The van der Waals surface area contributed by atoms with Gasteiger partial charge in [0, 0.05) is 23.4 Å². The molecule has 168 valence electrons. The summed E-state index contributed by atoms with van der Waals surface area (Å²) in [5.41, 5.74) is 1.90. The van der Waals surface area contributed by atoms with Gasteiger partial charge < -0.3 is 10.2 Å². The number of amides is 2. The molecule has 0 aliphatic carbocycles. The number of nitrogens with one attached hydrogen (secondary N) is 1. The Bertz CT molecular complexity index is 893. The fraction of sp³-hybridized carbons (Fsp3) is 0.391. The Morgan fingerprint density at radius 1 is 1.00 bits per heavy atom. The van der Waals surface area contributed by atoms with Crippen LogP contribution in [-0.2, 0) is 21.9 Å². The highest BCUT2D eigenvalue weighted by molar-refractivity contribution is 7.99. The van der Waals surface area contributed by atoms with E-state index >= 15 is 0 Å². The van der Waals surface area contributed by atoms with Crippen LogP contribution in [0.25, 0.3) is 0 Å². The Morgan fingerprint density at radius 2 is 1.65 bits per heavy atom. The Labute approximate surface area is 203 Å². The number of thioether (sulfide) groups is 1. The first-order valence-corrected chi connectivity index (χ1v) is 12.4. The quantitative estimate of drug-likeness (QED) is 0.421. The molecule has 0 aromatic heterocycles. The van der Waals surface area contributed by atoms with Gasteiger partial charge in [-0.15, -0.1) is 11.8 Å². The SMILES string of the molecule is CC[C@@H](C)NC(=O)[C@H](C)N(Cc1ccc(Cl)c(Cl)c1)C(=O)CSCc1ccc(Cl)cc1. The molecule has 2 rings (SSSR count). The number of hydrogen-bond acceptors (Lipinski definition) is 3. The van der Waals surface area contributed by atoms with E-state index in [9.17, 15) is 9.59 Å². The van der Waals surface area contributed by atoms with Crippen molar-refractivity contribution >= 4 is 58.4 Å². The monoisotopic (exact) mass is 500 g/mol. The van der Waals surface area contributed by atoms with Crippen molar-refractivity contribution < 1.29 is 9.59 Å². The first-order valence-electron chi connectivity index (χ1n) is 10.1. The zero-order valence-corrected chi connectivity index (χ0v) is 20.9. The molecule has 2 atom stereocenters. The Morgan fingerprint density at radius 3 is 2.26 bits per heavy atom. The van der Waals surface area contributed by atoms with Gasteiger partial charge in [-0.3, -0.25) is 9.59 Å². The lowest BCUT2D eigenvalue weighted by Gasteiger charge is -2.29. The van der Waals surface area contributed by atoms with Gasteiger partial charge in [-0.2, -0.15) is 0 Å².